The number of nitriles is 1. The van der Waals surface area contributed by atoms with Crippen LogP contribution in [0.2, 0.25) is 0 Å². The van der Waals surface area contributed by atoms with Gasteiger partial charge in [0.2, 0.25) is 0 Å². The van der Waals surface area contributed by atoms with E-state index in [9.17, 15) is 5.26 Å². The van der Waals surface area contributed by atoms with Crippen molar-refractivity contribution in [3.05, 3.63) is 96.7 Å². The molecule has 3 aromatic carbocycles. The molecule has 27 heavy (non-hydrogen) atoms. The van der Waals surface area contributed by atoms with Crippen LogP contribution in [0.3, 0.4) is 0 Å². The maximum absolute atomic E-state index is 9.55. The van der Waals surface area contributed by atoms with Crippen LogP contribution in [0.5, 0.6) is 0 Å². The van der Waals surface area contributed by atoms with Crippen molar-refractivity contribution < 1.29 is 0 Å². The predicted octanol–water partition coefficient (Wildman–Crippen LogP) is 5.72. The lowest BCUT2D eigenvalue weighted by Crippen LogP contribution is -1.99. The second-order valence-corrected chi connectivity index (χ2v) is 6.40. The van der Waals surface area contributed by atoms with Gasteiger partial charge in [0.05, 0.1) is 28.0 Å². The summed E-state index contributed by atoms with van der Waals surface area (Å²) in [4.78, 5) is 4.51. The van der Waals surface area contributed by atoms with Crippen LogP contribution in [0.15, 0.2) is 91.1 Å². The van der Waals surface area contributed by atoms with Crippen LogP contribution in [0.1, 0.15) is 5.56 Å². The molecule has 2 heterocycles. The molecule has 0 atom stereocenters. The quantitative estimate of drug-likeness (QED) is 0.411. The fourth-order valence-electron chi connectivity index (χ4n) is 3.76. The van der Waals surface area contributed by atoms with Crippen molar-refractivity contribution in [2.45, 2.75) is 0 Å². The maximum Gasteiger partial charge on any atom is 0.101 e. The highest BCUT2D eigenvalue weighted by Gasteiger charge is 2.16. The molecule has 3 nitrogen and oxygen atoms in total. The van der Waals surface area contributed by atoms with Gasteiger partial charge in [-0.1, -0.05) is 54.6 Å². The van der Waals surface area contributed by atoms with E-state index in [-0.39, 0.29) is 0 Å². The minimum absolute atomic E-state index is 0.575. The fraction of sp³-hybridized carbons (Fsp3) is 0. The third-order valence-electron chi connectivity index (χ3n) is 4.91. The van der Waals surface area contributed by atoms with Crippen molar-refractivity contribution in [3.8, 4) is 23.0 Å². The topological polar surface area (TPSA) is 41.6 Å². The van der Waals surface area contributed by atoms with Gasteiger partial charge in [-0.25, -0.2) is 0 Å². The molecule has 126 valence electrons. The first-order valence-corrected chi connectivity index (χ1v) is 8.81. The molecular weight excluding hydrogens is 330 g/mol. The van der Waals surface area contributed by atoms with E-state index < -0.39 is 0 Å². The van der Waals surface area contributed by atoms with E-state index in [1.807, 2.05) is 24.3 Å². The summed E-state index contributed by atoms with van der Waals surface area (Å²) in [5, 5.41) is 12.0. The highest BCUT2D eigenvalue weighted by atomic mass is 15.0. The van der Waals surface area contributed by atoms with Crippen molar-refractivity contribution in [2.24, 2.45) is 0 Å². The lowest BCUT2D eigenvalue weighted by molar-refractivity contribution is 1.17. The zero-order valence-electron chi connectivity index (χ0n) is 14.5. The zero-order valence-corrected chi connectivity index (χ0v) is 14.5. The first kappa shape index (κ1) is 15.4. The van der Waals surface area contributed by atoms with E-state index >= 15 is 0 Å². The molecule has 0 aliphatic carbocycles. The predicted molar refractivity (Wildman–Crippen MR) is 109 cm³/mol. The number of benzene rings is 3. The number of hydrogen-bond acceptors (Lipinski definition) is 2. The van der Waals surface area contributed by atoms with Gasteiger partial charge in [0.25, 0.3) is 0 Å². The van der Waals surface area contributed by atoms with Crippen LogP contribution in [-0.2, 0) is 0 Å². The standard InChI is InChI=1S/C24H15N3/c25-16-17-8-7-15-26-24(17)20-11-3-6-14-23(20)27-21-12-4-1-9-18(21)19-10-2-5-13-22(19)27/h1-15H. The summed E-state index contributed by atoms with van der Waals surface area (Å²) < 4.78 is 2.26. The Hall–Kier alpha value is -3.90. The Bertz CT molecular complexity index is 1290. The number of hydrogen-bond donors (Lipinski definition) is 0. The van der Waals surface area contributed by atoms with Gasteiger partial charge in [0.15, 0.2) is 0 Å². The van der Waals surface area contributed by atoms with Crippen molar-refractivity contribution in [1.82, 2.24) is 9.55 Å². The number of para-hydroxylation sites is 3. The molecule has 0 aliphatic rings. The third kappa shape index (κ3) is 2.32. The summed E-state index contributed by atoms with van der Waals surface area (Å²) >= 11 is 0. The normalized spacial score (nSPS) is 10.9. The Labute approximate surface area is 156 Å². The van der Waals surface area contributed by atoms with Gasteiger partial charge in [-0.15, -0.1) is 0 Å². The first-order valence-electron chi connectivity index (χ1n) is 8.81. The largest absolute Gasteiger partial charge is 0.309 e. The summed E-state index contributed by atoms with van der Waals surface area (Å²) in [5.41, 5.74) is 5.52. The molecule has 0 spiro atoms. The average Bonchev–Trinajstić information content (AvgIpc) is 3.08. The highest BCUT2D eigenvalue weighted by Crippen LogP contribution is 2.35. The summed E-state index contributed by atoms with van der Waals surface area (Å²) in [6.07, 6.45) is 1.73. The molecule has 0 saturated heterocycles. The molecule has 5 aromatic rings. The van der Waals surface area contributed by atoms with Crippen molar-refractivity contribution in [1.29, 1.82) is 5.26 Å². The number of pyridine rings is 1. The molecule has 3 heteroatoms. The average molecular weight is 345 g/mol. The Morgan fingerprint density at radius 2 is 1.33 bits per heavy atom. The fourth-order valence-corrected chi connectivity index (χ4v) is 3.76. The molecule has 0 aliphatic heterocycles. The van der Waals surface area contributed by atoms with Gasteiger partial charge in [0, 0.05) is 22.5 Å². The minimum Gasteiger partial charge on any atom is -0.309 e. The van der Waals surface area contributed by atoms with E-state index in [0.29, 0.717) is 11.3 Å². The number of rotatable bonds is 2. The molecule has 0 N–H and O–H groups in total. The minimum atomic E-state index is 0.575. The van der Waals surface area contributed by atoms with E-state index in [4.69, 9.17) is 0 Å². The molecule has 2 aromatic heterocycles. The number of fused-ring (bicyclic) bond motifs is 3. The van der Waals surface area contributed by atoms with Crippen LogP contribution in [0.25, 0.3) is 38.8 Å². The lowest BCUT2D eigenvalue weighted by atomic mass is 10.0. The maximum atomic E-state index is 9.55. The highest BCUT2D eigenvalue weighted by molar-refractivity contribution is 6.09. The van der Waals surface area contributed by atoms with Gasteiger partial charge in [-0.05, 0) is 30.3 Å². The van der Waals surface area contributed by atoms with E-state index in [0.717, 1.165) is 22.3 Å². The Morgan fingerprint density at radius 3 is 2.04 bits per heavy atom. The lowest BCUT2D eigenvalue weighted by Gasteiger charge is -2.14. The van der Waals surface area contributed by atoms with Crippen LogP contribution >= 0.6 is 0 Å². The SMILES string of the molecule is N#Cc1cccnc1-c1ccccc1-n1c2ccccc2c2ccccc21. The van der Waals surface area contributed by atoms with Gasteiger partial charge >= 0.3 is 0 Å². The zero-order chi connectivity index (χ0) is 18.2. The van der Waals surface area contributed by atoms with Gasteiger partial charge < -0.3 is 4.57 Å². The van der Waals surface area contributed by atoms with Gasteiger partial charge in [0.1, 0.15) is 6.07 Å². The molecule has 0 saturated carbocycles. The molecule has 0 unspecified atom stereocenters. The van der Waals surface area contributed by atoms with Crippen LogP contribution in [0.4, 0.5) is 0 Å². The van der Waals surface area contributed by atoms with Crippen molar-refractivity contribution >= 4 is 21.8 Å². The van der Waals surface area contributed by atoms with E-state index in [1.54, 1.807) is 12.3 Å². The van der Waals surface area contributed by atoms with Crippen LogP contribution < -0.4 is 0 Å². The number of aromatic nitrogens is 2. The van der Waals surface area contributed by atoms with Crippen molar-refractivity contribution in [3.63, 3.8) is 0 Å². The second kappa shape index (κ2) is 6.12. The van der Waals surface area contributed by atoms with Gasteiger partial charge in [-0.3, -0.25) is 4.98 Å². The van der Waals surface area contributed by atoms with Gasteiger partial charge in [-0.2, -0.15) is 5.26 Å². The molecule has 0 fully saturated rings. The summed E-state index contributed by atoms with van der Waals surface area (Å²) in [6, 6.07) is 30.8. The smallest absolute Gasteiger partial charge is 0.101 e. The molecular formula is C24H15N3. The summed E-state index contributed by atoms with van der Waals surface area (Å²) in [5.74, 6) is 0. The second-order valence-electron chi connectivity index (χ2n) is 6.40. The Kier molecular flexibility index (Phi) is 3.48. The summed E-state index contributed by atoms with van der Waals surface area (Å²) in [6.45, 7) is 0. The van der Waals surface area contributed by atoms with E-state index in [2.05, 4.69) is 70.2 Å². The first-order chi connectivity index (χ1) is 13.4. The van der Waals surface area contributed by atoms with Crippen LogP contribution in [-0.4, -0.2) is 9.55 Å². The summed E-state index contributed by atoms with van der Waals surface area (Å²) in [7, 11) is 0. The molecule has 0 amide bonds. The molecule has 0 radical (unpaired) electrons. The number of nitrogens with zero attached hydrogens (tertiary/aromatic N) is 3. The Balaban J connectivity index is 1.92. The molecule has 0 bridgehead atoms. The van der Waals surface area contributed by atoms with Crippen molar-refractivity contribution in [2.75, 3.05) is 0 Å². The van der Waals surface area contributed by atoms with Crippen LogP contribution in [0, 0.1) is 11.3 Å². The molecule has 5 rings (SSSR count). The Morgan fingerprint density at radius 1 is 0.704 bits per heavy atom. The monoisotopic (exact) mass is 345 g/mol. The third-order valence-corrected chi connectivity index (χ3v) is 4.91. The van der Waals surface area contributed by atoms with E-state index in [1.165, 1.54) is 10.8 Å².